The summed E-state index contributed by atoms with van der Waals surface area (Å²) >= 11 is 1.34. The number of thiophene rings is 1. The van der Waals surface area contributed by atoms with Crippen LogP contribution in [0, 0.1) is 12.8 Å². The molecule has 0 unspecified atom stereocenters. The zero-order valence-electron chi connectivity index (χ0n) is 14.5. The van der Waals surface area contributed by atoms with Crippen LogP contribution in [0.5, 0.6) is 0 Å². The zero-order chi connectivity index (χ0) is 18.2. The minimum atomic E-state index is -3.75. The van der Waals surface area contributed by atoms with Crippen LogP contribution in [0.3, 0.4) is 0 Å². The minimum Gasteiger partial charge on any atom is -0.465 e. The first-order valence-electron chi connectivity index (χ1n) is 8.14. The van der Waals surface area contributed by atoms with E-state index in [4.69, 9.17) is 4.74 Å². The van der Waals surface area contributed by atoms with Gasteiger partial charge >= 0.3 is 5.97 Å². The van der Waals surface area contributed by atoms with E-state index in [-0.39, 0.29) is 4.90 Å². The number of esters is 1. The van der Waals surface area contributed by atoms with E-state index in [0.717, 1.165) is 35.3 Å². The van der Waals surface area contributed by atoms with Crippen LogP contribution in [-0.4, -0.2) is 21.5 Å². The van der Waals surface area contributed by atoms with Gasteiger partial charge < -0.3 is 4.74 Å². The Balaban J connectivity index is 2.02. The van der Waals surface area contributed by atoms with Crippen molar-refractivity contribution in [3.63, 3.8) is 0 Å². The van der Waals surface area contributed by atoms with Gasteiger partial charge in [0.05, 0.1) is 17.6 Å². The second-order valence-electron chi connectivity index (χ2n) is 6.47. The smallest absolute Gasteiger partial charge is 0.341 e. The predicted octanol–water partition coefficient (Wildman–Crippen LogP) is 3.77. The molecule has 1 aromatic heterocycles. The Bertz CT molecular complexity index is 898. The highest BCUT2D eigenvalue weighted by atomic mass is 32.2. The van der Waals surface area contributed by atoms with E-state index in [1.54, 1.807) is 24.3 Å². The molecule has 25 heavy (non-hydrogen) atoms. The van der Waals surface area contributed by atoms with Crippen molar-refractivity contribution in [2.75, 3.05) is 11.8 Å². The number of benzene rings is 1. The van der Waals surface area contributed by atoms with Gasteiger partial charge in [-0.15, -0.1) is 11.3 Å². The third-order valence-electron chi connectivity index (χ3n) is 4.46. The summed E-state index contributed by atoms with van der Waals surface area (Å²) in [4.78, 5) is 13.5. The number of carbonyl (C=O) groups is 1. The van der Waals surface area contributed by atoms with Crippen LogP contribution in [0.25, 0.3) is 0 Å². The molecule has 0 saturated carbocycles. The lowest BCUT2D eigenvalue weighted by atomic mass is 9.88. The number of rotatable bonds is 4. The number of nitrogens with one attached hydrogen (secondary N) is 1. The molecule has 1 N–H and O–H groups in total. The number of aryl methyl sites for hydroxylation is 1. The van der Waals surface area contributed by atoms with Gasteiger partial charge in [0.25, 0.3) is 10.0 Å². The molecule has 3 rings (SSSR count). The number of hydrogen-bond acceptors (Lipinski definition) is 5. The third-order valence-corrected chi connectivity index (χ3v) is 7.12. The number of fused-ring (bicyclic) bond motifs is 1. The quantitative estimate of drug-likeness (QED) is 0.821. The molecule has 1 atom stereocenters. The van der Waals surface area contributed by atoms with Crippen LogP contribution < -0.4 is 4.72 Å². The number of methoxy groups -OCH3 is 1. The normalized spacial score (nSPS) is 17.0. The summed E-state index contributed by atoms with van der Waals surface area (Å²) in [7, 11) is -2.44. The van der Waals surface area contributed by atoms with Gasteiger partial charge in [0.2, 0.25) is 0 Å². The van der Waals surface area contributed by atoms with Crippen LogP contribution in [0.1, 0.15) is 39.7 Å². The van der Waals surface area contributed by atoms with Gasteiger partial charge in [-0.3, -0.25) is 4.72 Å². The predicted molar refractivity (Wildman–Crippen MR) is 98.8 cm³/mol. The largest absolute Gasteiger partial charge is 0.465 e. The Morgan fingerprint density at radius 1 is 1.28 bits per heavy atom. The Kier molecular flexibility index (Phi) is 4.88. The average Bonchev–Trinajstić information content (AvgIpc) is 2.90. The highest BCUT2D eigenvalue weighted by Crippen LogP contribution is 2.40. The van der Waals surface area contributed by atoms with E-state index < -0.39 is 16.0 Å². The lowest BCUT2D eigenvalue weighted by Crippen LogP contribution is -2.16. The second-order valence-corrected chi connectivity index (χ2v) is 9.25. The topological polar surface area (TPSA) is 72.5 Å². The van der Waals surface area contributed by atoms with Gasteiger partial charge in [-0.25, -0.2) is 13.2 Å². The standard InChI is InChI=1S/C18H21NO4S2/c1-11-4-7-13(8-5-11)25(21,22)19-17-16(18(20)23-3)14-9-6-12(2)10-15(14)24-17/h4-5,7-8,12,19H,6,9-10H2,1-3H3/t12-/m1/s1. The molecule has 5 nitrogen and oxygen atoms in total. The molecule has 0 saturated heterocycles. The number of hydrogen-bond donors (Lipinski definition) is 1. The van der Waals surface area contributed by atoms with Crippen molar-refractivity contribution in [3.05, 3.63) is 45.8 Å². The van der Waals surface area contributed by atoms with Gasteiger partial charge in [-0.05, 0) is 49.8 Å². The highest BCUT2D eigenvalue weighted by molar-refractivity contribution is 7.93. The summed E-state index contributed by atoms with van der Waals surface area (Å²) in [6.07, 6.45) is 2.61. The van der Waals surface area contributed by atoms with E-state index in [0.29, 0.717) is 16.5 Å². The molecule has 0 radical (unpaired) electrons. The maximum Gasteiger partial charge on any atom is 0.341 e. The zero-order valence-corrected chi connectivity index (χ0v) is 16.1. The van der Waals surface area contributed by atoms with Crippen molar-refractivity contribution in [1.82, 2.24) is 0 Å². The molecule has 1 heterocycles. The first-order valence-corrected chi connectivity index (χ1v) is 10.4. The average molecular weight is 380 g/mol. The van der Waals surface area contributed by atoms with Gasteiger partial charge in [0.15, 0.2) is 0 Å². The van der Waals surface area contributed by atoms with E-state index in [1.807, 2.05) is 6.92 Å². The first kappa shape index (κ1) is 17.9. The molecule has 0 amide bonds. The van der Waals surface area contributed by atoms with Crippen molar-refractivity contribution < 1.29 is 17.9 Å². The molecule has 0 fully saturated rings. The Morgan fingerprint density at radius 2 is 1.96 bits per heavy atom. The maximum atomic E-state index is 12.7. The summed E-state index contributed by atoms with van der Waals surface area (Å²) in [6, 6.07) is 6.62. The summed E-state index contributed by atoms with van der Waals surface area (Å²) in [5, 5.41) is 0.353. The molecule has 0 spiro atoms. The molecule has 1 aromatic carbocycles. The van der Waals surface area contributed by atoms with Gasteiger partial charge in [-0.2, -0.15) is 0 Å². The summed E-state index contributed by atoms with van der Waals surface area (Å²) < 4.78 is 32.9. The minimum absolute atomic E-state index is 0.175. The number of sulfonamides is 1. The van der Waals surface area contributed by atoms with Crippen LogP contribution >= 0.6 is 11.3 Å². The fraction of sp³-hybridized carbons (Fsp3) is 0.389. The van der Waals surface area contributed by atoms with E-state index in [9.17, 15) is 13.2 Å². The Morgan fingerprint density at radius 3 is 2.60 bits per heavy atom. The Hall–Kier alpha value is -1.86. The fourth-order valence-corrected chi connectivity index (χ4v) is 5.74. The van der Waals surface area contributed by atoms with Gasteiger partial charge in [0, 0.05) is 4.88 Å². The van der Waals surface area contributed by atoms with Crippen molar-refractivity contribution in [2.24, 2.45) is 5.92 Å². The molecule has 2 aromatic rings. The molecule has 0 bridgehead atoms. The fourth-order valence-electron chi connectivity index (χ4n) is 3.04. The monoisotopic (exact) mass is 379 g/mol. The summed E-state index contributed by atoms with van der Waals surface area (Å²) in [5.41, 5.74) is 2.27. The lowest BCUT2D eigenvalue weighted by molar-refractivity contribution is 0.0601. The van der Waals surface area contributed by atoms with Crippen molar-refractivity contribution >= 4 is 32.3 Å². The first-order chi connectivity index (χ1) is 11.8. The van der Waals surface area contributed by atoms with E-state index in [2.05, 4.69) is 11.6 Å². The number of ether oxygens (including phenoxy) is 1. The molecule has 134 valence electrons. The number of anilines is 1. The molecule has 0 aliphatic heterocycles. The van der Waals surface area contributed by atoms with Crippen molar-refractivity contribution in [2.45, 2.75) is 38.0 Å². The number of carbonyl (C=O) groups excluding carboxylic acids is 1. The lowest BCUT2D eigenvalue weighted by Gasteiger charge is -2.18. The second kappa shape index (κ2) is 6.80. The van der Waals surface area contributed by atoms with Crippen LogP contribution in [0.4, 0.5) is 5.00 Å². The summed E-state index contributed by atoms with van der Waals surface area (Å²) in [6.45, 7) is 4.06. The maximum absolute atomic E-state index is 12.7. The molecule has 1 aliphatic carbocycles. The van der Waals surface area contributed by atoms with Crippen molar-refractivity contribution in [1.29, 1.82) is 0 Å². The van der Waals surface area contributed by atoms with Crippen molar-refractivity contribution in [3.8, 4) is 0 Å². The molecular formula is C18H21NO4S2. The highest BCUT2D eigenvalue weighted by Gasteiger charge is 2.30. The molecular weight excluding hydrogens is 358 g/mol. The van der Waals surface area contributed by atoms with E-state index >= 15 is 0 Å². The van der Waals surface area contributed by atoms with Gasteiger partial charge in [-0.1, -0.05) is 24.6 Å². The summed E-state index contributed by atoms with van der Waals surface area (Å²) in [5.74, 6) is 0.0341. The third kappa shape index (κ3) is 3.57. The van der Waals surface area contributed by atoms with Crippen LogP contribution in [0.2, 0.25) is 0 Å². The molecule has 1 aliphatic rings. The van der Waals surface area contributed by atoms with E-state index in [1.165, 1.54) is 18.4 Å². The van der Waals surface area contributed by atoms with Crippen LogP contribution in [-0.2, 0) is 27.6 Å². The molecule has 7 heteroatoms. The Labute approximate surface area is 152 Å². The van der Waals surface area contributed by atoms with Crippen LogP contribution in [0.15, 0.2) is 29.2 Å². The SMILES string of the molecule is COC(=O)c1c(NS(=O)(=O)c2ccc(C)cc2)sc2c1CC[C@@H](C)C2. The van der Waals surface area contributed by atoms with Gasteiger partial charge in [0.1, 0.15) is 5.00 Å².